The fraction of sp³-hybridized carbons (Fsp3) is 1.00. The SMILES string of the molecule is CCS(=O)(=O)CCN(C)C(C)CO. The molecule has 0 aromatic carbocycles. The molecule has 0 saturated carbocycles. The molecule has 1 unspecified atom stereocenters. The maximum Gasteiger partial charge on any atom is 0.151 e. The molecule has 0 aromatic rings. The molecule has 0 fully saturated rings. The number of nitrogens with zero attached hydrogens (tertiary/aromatic N) is 1. The van der Waals surface area contributed by atoms with Crippen molar-refractivity contribution in [3.05, 3.63) is 0 Å². The molecule has 5 heteroatoms. The Bertz CT molecular complexity index is 226. The van der Waals surface area contributed by atoms with E-state index < -0.39 is 9.84 Å². The Kier molecular flexibility index (Phi) is 5.51. The van der Waals surface area contributed by atoms with E-state index in [1.807, 2.05) is 18.9 Å². The predicted octanol–water partition coefficient (Wildman–Crippen LogP) is -0.266. The first-order chi connectivity index (χ1) is 5.93. The lowest BCUT2D eigenvalue weighted by atomic mass is 10.3. The Morgan fingerprint density at radius 3 is 2.38 bits per heavy atom. The van der Waals surface area contributed by atoms with E-state index in [2.05, 4.69) is 0 Å². The number of rotatable bonds is 6. The summed E-state index contributed by atoms with van der Waals surface area (Å²) in [5.41, 5.74) is 0. The first kappa shape index (κ1) is 12.9. The molecular formula is C8H19NO3S. The summed E-state index contributed by atoms with van der Waals surface area (Å²) in [7, 11) is -1.07. The van der Waals surface area contributed by atoms with E-state index in [9.17, 15) is 8.42 Å². The van der Waals surface area contributed by atoms with Crippen molar-refractivity contribution in [3.8, 4) is 0 Å². The molecule has 0 aliphatic heterocycles. The normalized spacial score (nSPS) is 14.8. The van der Waals surface area contributed by atoms with Gasteiger partial charge in [-0.05, 0) is 14.0 Å². The van der Waals surface area contributed by atoms with E-state index in [-0.39, 0.29) is 24.2 Å². The minimum Gasteiger partial charge on any atom is -0.395 e. The molecule has 0 radical (unpaired) electrons. The first-order valence-corrected chi connectivity index (χ1v) is 6.26. The molecule has 1 N–H and O–H groups in total. The zero-order valence-electron chi connectivity index (χ0n) is 8.52. The fourth-order valence-corrected chi connectivity index (χ4v) is 1.64. The van der Waals surface area contributed by atoms with E-state index in [0.29, 0.717) is 6.54 Å². The van der Waals surface area contributed by atoms with E-state index in [4.69, 9.17) is 5.11 Å². The van der Waals surface area contributed by atoms with Crippen LogP contribution in [0, 0.1) is 0 Å². The Morgan fingerprint density at radius 2 is 2.00 bits per heavy atom. The summed E-state index contributed by atoms with van der Waals surface area (Å²) in [6.07, 6.45) is 0. The molecule has 4 nitrogen and oxygen atoms in total. The van der Waals surface area contributed by atoms with Crippen molar-refractivity contribution in [2.45, 2.75) is 19.9 Å². The van der Waals surface area contributed by atoms with E-state index in [0.717, 1.165) is 0 Å². The van der Waals surface area contributed by atoms with Gasteiger partial charge in [0.25, 0.3) is 0 Å². The summed E-state index contributed by atoms with van der Waals surface area (Å²) in [4.78, 5) is 1.84. The molecule has 13 heavy (non-hydrogen) atoms. The molecule has 0 spiro atoms. The van der Waals surface area contributed by atoms with Crippen LogP contribution in [-0.2, 0) is 9.84 Å². The van der Waals surface area contributed by atoms with Crippen molar-refractivity contribution in [2.24, 2.45) is 0 Å². The highest BCUT2D eigenvalue weighted by Crippen LogP contribution is 1.96. The van der Waals surface area contributed by atoms with Crippen LogP contribution in [0.1, 0.15) is 13.8 Å². The number of hydrogen-bond donors (Lipinski definition) is 1. The average Bonchev–Trinajstić information content (AvgIpc) is 2.13. The van der Waals surface area contributed by atoms with Gasteiger partial charge in [-0.1, -0.05) is 6.92 Å². The van der Waals surface area contributed by atoms with E-state index >= 15 is 0 Å². The maximum absolute atomic E-state index is 11.1. The number of aliphatic hydroxyl groups excluding tert-OH is 1. The lowest BCUT2D eigenvalue weighted by molar-refractivity contribution is 0.165. The third kappa shape index (κ3) is 5.23. The zero-order chi connectivity index (χ0) is 10.5. The van der Waals surface area contributed by atoms with Gasteiger partial charge >= 0.3 is 0 Å². The van der Waals surface area contributed by atoms with Gasteiger partial charge in [0.2, 0.25) is 0 Å². The number of aliphatic hydroxyl groups is 1. The minimum atomic E-state index is -2.88. The zero-order valence-corrected chi connectivity index (χ0v) is 9.34. The van der Waals surface area contributed by atoms with Crippen LogP contribution in [0.4, 0.5) is 0 Å². The van der Waals surface area contributed by atoms with Crippen molar-refractivity contribution in [3.63, 3.8) is 0 Å². The summed E-state index contributed by atoms with van der Waals surface area (Å²) < 4.78 is 22.3. The highest BCUT2D eigenvalue weighted by Gasteiger charge is 2.12. The van der Waals surface area contributed by atoms with Gasteiger partial charge in [-0.15, -0.1) is 0 Å². The van der Waals surface area contributed by atoms with Gasteiger partial charge in [-0.3, -0.25) is 0 Å². The van der Waals surface area contributed by atoms with Crippen molar-refractivity contribution < 1.29 is 13.5 Å². The van der Waals surface area contributed by atoms with Crippen molar-refractivity contribution >= 4 is 9.84 Å². The topological polar surface area (TPSA) is 57.6 Å². The monoisotopic (exact) mass is 209 g/mol. The molecule has 0 heterocycles. The van der Waals surface area contributed by atoms with Gasteiger partial charge in [0.05, 0.1) is 12.4 Å². The number of likely N-dealkylation sites (N-methyl/N-ethyl adjacent to an activating group) is 1. The first-order valence-electron chi connectivity index (χ1n) is 4.44. The van der Waals surface area contributed by atoms with Crippen LogP contribution in [0.5, 0.6) is 0 Å². The Morgan fingerprint density at radius 1 is 1.46 bits per heavy atom. The second kappa shape index (κ2) is 5.57. The summed E-state index contributed by atoms with van der Waals surface area (Å²) in [6, 6.07) is 0.0204. The van der Waals surface area contributed by atoms with Crippen LogP contribution in [0.3, 0.4) is 0 Å². The summed E-state index contributed by atoms with van der Waals surface area (Å²) in [5, 5.41) is 8.80. The van der Waals surface area contributed by atoms with E-state index in [1.165, 1.54) is 0 Å². The van der Waals surface area contributed by atoms with Gasteiger partial charge in [0.1, 0.15) is 0 Å². The van der Waals surface area contributed by atoms with Crippen LogP contribution in [0.15, 0.2) is 0 Å². The van der Waals surface area contributed by atoms with Gasteiger partial charge in [0, 0.05) is 18.3 Å². The van der Waals surface area contributed by atoms with Crippen molar-refractivity contribution in [1.82, 2.24) is 4.90 Å². The number of sulfone groups is 1. The molecule has 1 atom stereocenters. The van der Waals surface area contributed by atoms with Gasteiger partial charge in [0.15, 0.2) is 9.84 Å². The van der Waals surface area contributed by atoms with Crippen LogP contribution in [-0.4, -0.2) is 56.2 Å². The van der Waals surface area contributed by atoms with Crippen LogP contribution in [0.25, 0.3) is 0 Å². The highest BCUT2D eigenvalue weighted by atomic mass is 32.2. The lowest BCUT2D eigenvalue weighted by Crippen LogP contribution is -2.35. The predicted molar refractivity (Wildman–Crippen MR) is 53.5 cm³/mol. The Balaban J connectivity index is 3.90. The van der Waals surface area contributed by atoms with Gasteiger partial charge in [-0.25, -0.2) is 8.42 Å². The van der Waals surface area contributed by atoms with Crippen molar-refractivity contribution in [1.29, 1.82) is 0 Å². The van der Waals surface area contributed by atoms with Crippen LogP contribution < -0.4 is 0 Å². The highest BCUT2D eigenvalue weighted by molar-refractivity contribution is 7.91. The lowest BCUT2D eigenvalue weighted by Gasteiger charge is -2.22. The van der Waals surface area contributed by atoms with Gasteiger partial charge in [-0.2, -0.15) is 0 Å². The summed E-state index contributed by atoms with van der Waals surface area (Å²) in [6.45, 7) is 4.05. The molecule has 0 aliphatic rings. The third-order valence-corrected chi connectivity index (χ3v) is 3.90. The van der Waals surface area contributed by atoms with Crippen molar-refractivity contribution in [2.75, 3.05) is 31.7 Å². The molecular weight excluding hydrogens is 190 g/mol. The molecule has 0 bridgehead atoms. The van der Waals surface area contributed by atoms with Gasteiger partial charge < -0.3 is 10.0 Å². The van der Waals surface area contributed by atoms with E-state index in [1.54, 1.807) is 6.92 Å². The average molecular weight is 209 g/mol. The molecule has 80 valence electrons. The molecule has 0 aromatic heterocycles. The smallest absolute Gasteiger partial charge is 0.151 e. The minimum absolute atomic E-state index is 0.0204. The Labute approximate surface area is 80.5 Å². The molecule has 0 saturated heterocycles. The second-order valence-corrected chi connectivity index (χ2v) is 5.72. The molecule has 0 rings (SSSR count). The van der Waals surface area contributed by atoms with Crippen LogP contribution >= 0.6 is 0 Å². The largest absolute Gasteiger partial charge is 0.395 e. The molecule has 0 amide bonds. The van der Waals surface area contributed by atoms with Crippen LogP contribution in [0.2, 0.25) is 0 Å². The summed E-state index contributed by atoms with van der Waals surface area (Å²) >= 11 is 0. The second-order valence-electron chi connectivity index (χ2n) is 3.25. The standard InChI is InChI=1S/C8H19NO3S/c1-4-13(11,12)6-5-9(3)8(2)7-10/h8,10H,4-7H2,1-3H3. The maximum atomic E-state index is 11.1. The summed E-state index contributed by atoms with van der Waals surface area (Å²) in [5.74, 6) is 0.360. The third-order valence-electron chi connectivity index (χ3n) is 2.21. The Hall–Kier alpha value is -0.130. The fourth-order valence-electron chi connectivity index (χ4n) is 0.787. The molecule has 0 aliphatic carbocycles. The quantitative estimate of drug-likeness (QED) is 0.654. The number of hydrogen-bond acceptors (Lipinski definition) is 4.